The minimum Gasteiger partial charge on any atom is -0.491 e. The van der Waals surface area contributed by atoms with Crippen LogP contribution in [-0.4, -0.2) is 31.1 Å². The van der Waals surface area contributed by atoms with E-state index in [1.165, 1.54) is 0 Å². The Balaban J connectivity index is 2.41. The molecular weight excluding hydrogens is 261 g/mol. The molecule has 0 aliphatic rings. The zero-order valence-corrected chi connectivity index (χ0v) is 10.6. The number of rotatable bonds is 7. The van der Waals surface area contributed by atoms with Crippen molar-refractivity contribution in [3.63, 3.8) is 0 Å². The van der Waals surface area contributed by atoms with Crippen molar-refractivity contribution in [1.29, 1.82) is 0 Å². The van der Waals surface area contributed by atoms with Gasteiger partial charge < -0.3 is 14.6 Å². The van der Waals surface area contributed by atoms with Gasteiger partial charge in [0, 0.05) is 5.56 Å². The van der Waals surface area contributed by atoms with Gasteiger partial charge in [0.15, 0.2) is 0 Å². The number of hydrogen-bond acceptors (Lipinski definition) is 3. The molecular formula is C13H17F3O3. The molecule has 1 N–H and O–H groups in total. The van der Waals surface area contributed by atoms with Gasteiger partial charge in [-0.25, -0.2) is 0 Å². The molecule has 0 saturated heterocycles. The zero-order valence-electron chi connectivity index (χ0n) is 10.6. The minimum atomic E-state index is -4.32. The van der Waals surface area contributed by atoms with Crippen LogP contribution in [0.4, 0.5) is 13.2 Å². The van der Waals surface area contributed by atoms with Crippen LogP contribution in [0, 0.1) is 0 Å². The topological polar surface area (TPSA) is 38.7 Å². The second-order valence-electron chi connectivity index (χ2n) is 3.98. The van der Waals surface area contributed by atoms with Crippen LogP contribution in [0.15, 0.2) is 24.3 Å². The van der Waals surface area contributed by atoms with Crippen LogP contribution in [0.2, 0.25) is 0 Å². The summed E-state index contributed by atoms with van der Waals surface area (Å²) in [5, 5.41) is 9.76. The number of para-hydroxylation sites is 1. The van der Waals surface area contributed by atoms with Gasteiger partial charge in [-0.15, -0.1) is 0 Å². The van der Waals surface area contributed by atoms with Crippen LogP contribution in [0.5, 0.6) is 5.75 Å². The number of alkyl halides is 3. The smallest absolute Gasteiger partial charge is 0.411 e. The summed E-state index contributed by atoms with van der Waals surface area (Å²) in [6, 6.07) is 6.89. The molecule has 0 bridgehead atoms. The number of hydrogen-bond donors (Lipinski definition) is 1. The SMILES string of the molecule is CC[C@H](O)c1ccccc1OCCOCC(F)(F)F. The van der Waals surface area contributed by atoms with E-state index in [4.69, 9.17) is 4.74 Å². The average molecular weight is 278 g/mol. The molecule has 1 rings (SSSR count). The van der Waals surface area contributed by atoms with Gasteiger partial charge in [-0.2, -0.15) is 13.2 Å². The van der Waals surface area contributed by atoms with Crippen LogP contribution < -0.4 is 4.74 Å². The fraction of sp³-hybridized carbons (Fsp3) is 0.538. The highest BCUT2D eigenvalue weighted by molar-refractivity contribution is 5.34. The van der Waals surface area contributed by atoms with Crippen LogP contribution in [-0.2, 0) is 4.74 Å². The summed E-state index contributed by atoms with van der Waals surface area (Å²) >= 11 is 0. The van der Waals surface area contributed by atoms with Crippen LogP contribution >= 0.6 is 0 Å². The molecule has 0 radical (unpaired) electrons. The molecule has 0 aliphatic carbocycles. The van der Waals surface area contributed by atoms with Gasteiger partial charge in [-0.05, 0) is 12.5 Å². The molecule has 0 aromatic heterocycles. The number of ether oxygens (including phenoxy) is 2. The Morgan fingerprint density at radius 2 is 1.89 bits per heavy atom. The quantitative estimate of drug-likeness (QED) is 0.779. The summed E-state index contributed by atoms with van der Waals surface area (Å²) in [4.78, 5) is 0. The molecule has 3 nitrogen and oxygen atoms in total. The molecule has 0 fully saturated rings. The average Bonchev–Trinajstić information content (AvgIpc) is 2.36. The van der Waals surface area contributed by atoms with Gasteiger partial charge in [0.05, 0.1) is 12.7 Å². The molecule has 19 heavy (non-hydrogen) atoms. The molecule has 0 aliphatic heterocycles. The number of aliphatic hydroxyl groups is 1. The summed E-state index contributed by atoms with van der Waals surface area (Å²) in [5.41, 5.74) is 0.626. The highest BCUT2D eigenvalue weighted by Crippen LogP contribution is 2.26. The molecule has 1 aromatic carbocycles. The highest BCUT2D eigenvalue weighted by atomic mass is 19.4. The zero-order chi connectivity index (χ0) is 14.3. The maximum Gasteiger partial charge on any atom is 0.411 e. The van der Waals surface area contributed by atoms with Gasteiger partial charge in [-0.3, -0.25) is 0 Å². The third kappa shape index (κ3) is 5.94. The molecule has 0 amide bonds. The van der Waals surface area contributed by atoms with Crippen molar-refractivity contribution >= 4 is 0 Å². The van der Waals surface area contributed by atoms with Gasteiger partial charge in [0.2, 0.25) is 0 Å². The third-order valence-electron chi connectivity index (χ3n) is 2.42. The van der Waals surface area contributed by atoms with Crippen LogP contribution in [0.1, 0.15) is 25.0 Å². The molecule has 108 valence electrons. The monoisotopic (exact) mass is 278 g/mol. The van der Waals surface area contributed by atoms with E-state index in [0.717, 1.165) is 0 Å². The second-order valence-corrected chi connectivity index (χ2v) is 3.98. The maximum absolute atomic E-state index is 11.8. The first-order valence-electron chi connectivity index (χ1n) is 5.98. The summed E-state index contributed by atoms with van der Waals surface area (Å²) in [7, 11) is 0. The first kappa shape index (κ1) is 15.8. The van der Waals surface area contributed by atoms with Crippen molar-refractivity contribution in [3.05, 3.63) is 29.8 Å². The van der Waals surface area contributed by atoms with Gasteiger partial charge >= 0.3 is 6.18 Å². The Bertz CT molecular complexity index is 380. The number of benzene rings is 1. The molecule has 1 aromatic rings. The van der Waals surface area contributed by atoms with E-state index in [2.05, 4.69) is 4.74 Å². The van der Waals surface area contributed by atoms with Crippen molar-refractivity contribution in [2.24, 2.45) is 0 Å². The van der Waals surface area contributed by atoms with E-state index >= 15 is 0 Å². The summed E-state index contributed by atoms with van der Waals surface area (Å²) in [5.74, 6) is 0.465. The van der Waals surface area contributed by atoms with E-state index in [0.29, 0.717) is 17.7 Å². The third-order valence-corrected chi connectivity index (χ3v) is 2.42. The molecule has 0 unspecified atom stereocenters. The van der Waals surface area contributed by atoms with E-state index in [9.17, 15) is 18.3 Å². The minimum absolute atomic E-state index is 0.00350. The largest absolute Gasteiger partial charge is 0.491 e. The number of aliphatic hydroxyl groups excluding tert-OH is 1. The highest BCUT2D eigenvalue weighted by Gasteiger charge is 2.27. The summed E-state index contributed by atoms with van der Waals surface area (Å²) in [6.45, 7) is 0.392. The lowest BCUT2D eigenvalue weighted by Crippen LogP contribution is -2.19. The van der Waals surface area contributed by atoms with Gasteiger partial charge in [-0.1, -0.05) is 25.1 Å². The Labute approximate surface area is 110 Å². The molecule has 0 spiro atoms. The predicted octanol–water partition coefficient (Wildman–Crippen LogP) is 3.09. The fourth-order valence-electron chi connectivity index (χ4n) is 1.51. The Kier molecular flexibility index (Phi) is 6.11. The standard InChI is InChI=1S/C13H17F3O3/c1-2-11(17)10-5-3-4-6-12(10)19-8-7-18-9-13(14,15)16/h3-6,11,17H,2,7-9H2,1H3/t11-/m0/s1. The Morgan fingerprint density at radius 1 is 1.21 bits per heavy atom. The summed E-state index contributed by atoms with van der Waals surface area (Å²) < 4.78 is 45.2. The molecule has 1 atom stereocenters. The van der Waals surface area contributed by atoms with Crippen LogP contribution in [0.3, 0.4) is 0 Å². The van der Waals surface area contributed by atoms with Crippen molar-refractivity contribution in [2.75, 3.05) is 19.8 Å². The van der Waals surface area contributed by atoms with E-state index in [1.54, 1.807) is 24.3 Å². The fourth-order valence-corrected chi connectivity index (χ4v) is 1.51. The molecule has 0 heterocycles. The normalized spacial score (nSPS) is 13.3. The van der Waals surface area contributed by atoms with Crippen LogP contribution in [0.25, 0.3) is 0 Å². The van der Waals surface area contributed by atoms with E-state index in [-0.39, 0.29) is 13.2 Å². The Morgan fingerprint density at radius 3 is 2.53 bits per heavy atom. The lowest BCUT2D eigenvalue weighted by Gasteiger charge is -2.15. The maximum atomic E-state index is 11.8. The van der Waals surface area contributed by atoms with Crippen molar-refractivity contribution in [1.82, 2.24) is 0 Å². The first-order valence-corrected chi connectivity index (χ1v) is 5.98. The Hall–Kier alpha value is -1.27. The van der Waals surface area contributed by atoms with Crippen molar-refractivity contribution < 1.29 is 27.8 Å². The lowest BCUT2D eigenvalue weighted by molar-refractivity contribution is -0.175. The van der Waals surface area contributed by atoms with Crippen molar-refractivity contribution in [2.45, 2.75) is 25.6 Å². The van der Waals surface area contributed by atoms with Gasteiger partial charge in [0.25, 0.3) is 0 Å². The van der Waals surface area contributed by atoms with E-state index in [1.807, 2.05) is 6.92 Å². The second kappa shape index (κ2) is 7.35. The summed E-state index contributed by atoms with van der Waals surface area (Å²) in [6.07, 6.45) is -4.44. The van der Waals surface area contributed by atoms with Gasteiger partial charge in [0.1, 0.15) is 19.0 Å². The molecule has 6 heteroatoms. The first-order chi connectivity index (χ1) is 8.94. The predicted molar refractivity (Wildman–Crippen MR) is 64.1 cm³/mol. The van der Waals surface area contributed by atoms with Crippen molar-refractivity contribution in [3.8, 4) is 5.75 Å². The lowest BCUT2D eigenvalue weighted by atomic mass is 10.1. The number of halogens is 3. The van der Waals surface area contributed by atoms with E-state index < -0.39 is 18.9 Å². The molecule has 0 saturated carbocycles.